The molecule has 10 nitrogen and oxygen atoms in total. The Balaban J connectivity index is 1.89. The number of ether oxygens (including phenoxy) is 1. The maximum atomic E-state index is 13.4. The van der Waals surface area contributed by atoms with Crippen LogP contribution in [0, 0.1) is 6.92 Å². The maximum Gasteiger partial charge on any atom is 0.511 e. The fourth-order valence-electron chi connectivity index (χ4n) is 4.03. The third-order valence-corrected chi connectivity index (χ3v) is 6.40. The summed E-state index contributed by atoms with van der Waals surface area (Å²) in [6.07, 6.45) is -5.74. The van der Waals surface area contributed by atoms with E-state index in [4.69, 9.17) is 28.3 Å². The summed E-state index contributed by atoms with van der Waals surface area (Å²) in [6.45, 7) is 1.18. The lowest BCUT2D eigenvalue weighted by Crippen LogP contribution is -2.40. The monoisotopic (exact) mass is 572 g/mol. The standard InChI is InChI=1S/C23H17Cl2F3N4O6/c1-11-12(3-2-4-14(11)23(26,27)28)9-32-19(33)17(38-22(36)37)10-31(21(32)35)13-7-15(24)18(16(25)8-13)30-6-5-29-20(30)34/h2-4,7-8,10H,5-6,9H2,1H3,(H,29,34)(H,36,37). The summed E-state index contributed by atoms with van der Waals surface area (Å²) in [4.78, 5) is 50.9. The van der Waals surface area contributed by atoms with Gasteiger partial charge in [0, 0.05) is 13.1 Å². The molecule has 2 heterocycles. The van der Waals surface area contributed by atoms with E-state index in [1.54, 1.807) is 0 Å². The molecule has 1 aliphatic heterocycles. The van der Waals surface area contributed by atoms with Crippen molar-refractivity contribution in [2.45, 2.75) is 19.6 Å². The molecule has 0 saturated carbocycles. The van der Waals surface area contributed by atoms with Gasteiger partial charge in [-0.2, -0.15) is 13.2 Å². The smallest absolute Gasteiger partial charge is 0.449 e. The number of carbonyl (C=O) groups is 2. The summed E-state index contributed by atoms with van der Waals surface area (Å²) in [5.74, 6) is -0.794. The quantitative estimate of drug-likeness (QED) is 0.440. The molecule has 0 spiro atoms. The highest BCUT2D eigenvalue weighted by atomic mass is 35.5. The van der Waals surface area contributed by atoms with E-state index in [1.165, 1.54) is 30.0 Å². The van der Waals surface area contributed by atoms with Gasteiger partial charge < -0.3 is 15.2 Å². The van der Waals surface area contributed by atoms with E-state index in [0.717, 1.165) is 22.9 Å². The van der Waals surface area contributed by atoms with Gasteiger partial charge in [0.15, 0.2) is 0 Å². The zero-order chi connectivity index (χ0) is 27.9. The van der Waals surface area contributed by atoms with E-state index in [0.29, 0.717) is 11.1 Å². The number of alkyl halides is 3. The molecule has 0 bridgehead atoms. The van der Waals surface area contributed by atoms with Crippen molar-refractivity contribution in [3.05, 3.63) is 84.1 Å². The van der Waals surface area contributed by atoms with Gasteiger partial charge in [-0.3, -0.25) is 18.8 Å². The molecule has 38 heavy (non-hydrogen) atoms. The molecule has 2 amide bonds. The summed E-state index contributed by atoms with van der Waals surface area (Å²) < 4.78 is 46.1. The van der Waals surface area contributed by atoms with Gasteiger partial charge in [0.1, 0.15) is 0 Å². The fraction of sp³-hybridized carbons (Fsp3) is 0.217. The van der Waals surface area contributed by atoms with E-state index >= 15 is 0 Å². The fourth-order valence-corrected chi connectivity index (χ4v) is 4.71. The first kappa shape index (κ1) is 27.1. The van der Waals surface area contributed by atoms with E-state index < -0.39 is 47.5 Å². The molecule has 15 heteroatoms. The maximum absolute atomic E-state index is 13.4. The Bertz CT molecular complexity index is 1560. The van der Waals surface area contributed by atoms with Crippen molar-refractivity contribution in [2.24, 2.45) is 0 Å². The Hall–Kier alpha value is -3.97. The topological polar surface area (TPSA) is 123 Å². The molecule has 2 aromatic carbocycles. The number of hydrogen-bond donors (Lipinski definition) is 2. The number of rotatable bonds is 5. The highest BCUT2D eigenvalue weighted by Gasteiger charge is 2.33. The van der Waals surface area contributed by atoms with Gasteiger partial charge in [-0.15, -0.1) is 0 Å². The zero-order valence-electron chi connectivity index (χ0n) is 19.3. The Morgan fingerprint density at radius 3 is 2.37 bits per heavy atom. The van der Waals surface area contributed by atoms with Gasteiger partial charge in [-0.05, 0) is 36.2 Å². The van der Waals surface area contributed by atoms with Crippen molar-refractivity contribution in [2.75, 3.05) is 18.0 Å². The second-order valence-electron chi connectivity index (χ2n) is 8.13. The molecule has 4 rings (SSSR count). The third-order valence-electron chi connectivity index (χ3n) is 5.82. The number of aromatic nitrogens is 2. The van der Waals surface area contributed by atoms with Gasteiger partial charge in [0.25, 0.3) is 5.56 Å². The molecule has 1 saturated heterocycles. The van der Waals surface area contributed by atoms with Gasteiger partial charge >= 0.3 is 24.1 Å². The minimum absolute atomic E-state index is 0.00971. The number of amides is 2. The number of carboxylic acid groups (broad SMARTS) is 1. The number of nitrogens with one attached hydrogen (secondary N) is 1. The normalized spacial score (nSPS) is 13.5. The summed E-state index contributed by atoms with van der Waals surface area (Å²) in [6, 6.07) is 5.35. The average molecular weight is 573 g/mol. The average Bonchev–Trinajstić information content (AvgIpc) is 3.23. The molecular weight excluding hydrogens is 556 g/mol. The Kier molecular flexibility index (Phi) is 7.17. The molecule has 0 atom stereocenters. The Morgan fingerprint density at radius 2 is 1.82 bits per heavy atom. The van der Waals surface area contributed by atoms with Crippen molar-refractivity contribution >= 4 is 41.1 Å². The van der Waals surface area contributed by atoms with Crippen LogP contribution in [0.5, 0.6) is 5.75 Å². The van der Waals surface area contributed by atoms with Crippen molar-refractivity contribution in [3.8, 4) is 11.4 Å². The predicted molar refractivity (Wildman–Crippen MR) is 131 cm³/mol. The summed E-state index contributed by atoms with van der Waals surface area (Å²) >= 11 is 12.7. The van der Waals surface area contributed by atoms with Crippen molar-refractivity contribution < 1.29 is 32.6 Å². The minimum atomic E-state index is -4.68. The molecule has 0 radical (unpaired) electrons. The Morgan fingerprint density at radius 1 is 1.16 bits per heavy atom. The zero-order valence-corrected chi connectivity index (χ0v) is 20.8. The number of hydrogen-bond acceptors (Lipinski definition) is 5. The van der Waals surface area contributed by atoms with Crippen LogP contribution in [0.15, 0.2) is 46.1 Å². The van der Waals surface area contributed by atoms with Gasteiger partial charge in [-0.25, -0.2) is 14.4 Å². The third kappa shape index (κ3) is 5.07. The second-order valence-corrected chi connectivity index (χ2v) is 8.95. The lowest BCUT2D eigenvalue weighted by Gasteiger charge is -2.20. The number of urea groups is 1. The predicted octanol–water partition coefficient (Wildman–Crippen LogP) is 4.27. The van der Waals surface area contributed by atoms with Gasteiger partial charge in [-0.1, -0.05) is 35.3 Å². The summed E-state index contributed by atoms with van der Waals surface area (Å²) in [7, 11) is 0. The van der Waals surface area contributed by atoms with Crippen molar-refractivity contribution in [1.82, 2.24) is 14.5 Å². The van der Waals surface area contributed by atoms with E-state index in [2.05, 4.69) is 10.1 Å². The lowest BCUT2D eigenvalue weighted by atomic mass is 10.0. The summed E-state index contributed by atoms with van der Waals surface area (Å²) in [5.41, 5.74) is -3.28. The van der Waals surface area contributed by atoms with Crippen LogP contribution in [0.25, 0.3) is 5.69 Å². The molecule has 1 fully saturated rings. The first-order valence-corrected chi connectivity index (χ1v) is 11.5. The second kappa shape index (κ2) is 10.1. The van der Waals surface area contributed by atoms with Crippen LogP contribution in [0.4, 0.5) is 28.4 Å². The highest BCUT2D eigenvalue weighted by Crippen LogP contribution is 2.37. The lowest BCUT2D eigenvalue weighted by molar-refractivity contribution is -0.138. The first-order valence-electron chi connectivity index (χ1n) is 10.8. The summed E-state index contributed by atoms with van der Waals surface area (Å²) in [5, 5.41) is 11.6. The van der Waals surface area contributed by atoms with Crippen LogP contribution in [-0.4, -0.2) is 39.5 Å². The molecule has 1 aromatic heterocycles. The van der Waals surface area contributed by atoms with E-state index in [-0.39, 0.29) is 39.1 Å². The number of benzene rings is 2. The molecule has 2 N–H and O–H groups in total. The number of nitrogens with zero attached hydrogens (tertiary/aromatic N) is 3. The van der Waals surface area contributed by atoms with Crippen LogP contribution in [-0.2, 0) is 12.7 Å². The van der Waals surface area contributed by atoms with Crippen LogP contribution in [0.1, 0.15) is 16.7 Å². The van der Waals surface area contributed by atoms with Crippen LogP contribution >= 0.6 is 23.2 Å². The number of halogens is 5. The number of anilines is 1. The highest BCUT2D eigenvalue weighted by molar-refractivity contribution is 6.40. The van der Waals surface area contributed by atoms with Gasteiger partial charge in [0.2, 0.25) is 5.75 Å². The largest absolute Gasteiger partial charge is 0.511 e. The van der Waals surface area contributed by atoms with E-state index in [9.17, 15) is 32.3 Å². The molecule has 200 valence electrons. The molecule has 0 unspecified atom stereocenters. The molecule has 1 aliphatic rings. The van der Waals surface area contributed by atoms with Crippen LogP contribution in [0.3, 0.4) is 0 Å². The molecule has 0 aliphatic carbocycles. The van der Waals surface area contributed by atoms with Crippen LogP contribution < -0.4 is 26.2 Å². The minimum Gasteiger partial charge on any atom is -0.449 e. The number of carbonyl (C=O) groups excluding carboxylic acids is 1. The SMILES string of the molecule is Cc1c(Cn2c(=O)c(OC(=O)O)cn(-c3cc(Cl)c(N4CCNC4=O)c(Cl)c3)c2=O)cccc1C(F)(F)F. The van der Waals surface area contributed by atoms with Crippen molar-refractivity contribution in [3.63, 3.8) is 0 Å². The Labute approximate surface area is 221 Å². The van der Waals surface area contributed by atoms with Crippen LogP contribution in [0.2, 0.25) is 10.0 Å². The van der Waals surface area contributed by atoms with E-state index in [1.807, 2.05) is 0 Å². The molecular formula is C23H17Cl2F3N4O6. The first-order chi connectivity index (χ1) is 17.8. The van der Waals surface area contributed by atoms with Crippen molar-refractivity contribution in [1.29, 1.82) is 0 Å². The van der Waals surface area contributed by atoms with Gasteiger partial charge in [0.05, 0.1) is 39.7 Å². The molecule has 3 aromatic rings.